The first kappa shape index (κ1) is 17.3. The highest BCUT2D eigenvalue weighted by molar-refractivity contribution is 9.10. The van der Waals surface area contributed by atoms with Crippen LogP contribution in [0.5, 0.6) is 11.5 Å². The maximum Gasteiger partial charge on any atom is 0.157 e. The molecule has 0 bridgehead atoms. The molecule has 6 nitrogen and oxygen atoms in total. The number of anilines is 2. The molecule has 1 aliphatic heterocycles. The second-order valence-corrected chi connectivity index (χ2v) is 6.68. The lowest BCUT2D eigenvalue weighted by Crippen LogP contribution is -2.30. The topological polar surface area (TPSA) is 65.0 Å². The summed E-state index contributed by atoms with van der Waals surface area (Å²) >= 11 is 16.6. The monoisotopic (exact) mass is 432 g/mol. The number of aliphatic imine (C=N–C) groups is 1. The molecule has 0 aliphatic carbocycles. The molecule has 0 fully saturated rings. The fourth-order valence-electron chi connectivity index (χ4n) is 2.74. The summed E-state index contributed by atoms with van der Waals surface area (Å²) in [4.78, 5) is 6.25. The zero-order valence-corrected chi connectivity index (χ0v) is 16.3. The average molecular weight is 434 g/mol. The molecule has 2 N–H and O–H groups in total. The van der Waals surface area contributed by atoms with E-state index in [9.17, 15) is 0 Å². The summed E-state index contributed by atoms with van der Waals surface area (Å²) in [5.74, 6) is 1.35. The van der Waals surface area contributed by atoms with Crippen molar-refractivity contribution in [3.8, 4) is 11.5 Å². The van der Waals surface area contributed by atoms with Gasteiger partial charge in [-0.1, -0.05) is 23.2 Å². The van der Waals surface area contributed by atoms with Gasteiger partial charge in [0, 0.05) is 13.2 Å². The summed E-state index contributed by atoms with van der Waals surface area (Å²) in [6, 6.07) is 1.94. The second kappa shape index (κ2) is 6.38. The van der Waals surface area contributed by atoms with Crippen molar-refractivity contribution in [2.75, 3.05) is 25.8 Å². The zero-order chi connectivity index (χ0) is 17.6. The van der Waals surface area contributed by atoms with E-state index >= 15 is 0 Å². The van der Waals surface area contributed by atoms with Crippen molar-refractivity contribution >= 4 is 56.3 Å². The van der Waals surface area contributed by atoms with Crippen LogP contribution in [0, 0.1) is 0 Å². The van der Waals surface area contributed by atoms with E-state index in [4.69, 9.17) is 38.4 Å². The fraction of sp³-hybridized carbons (Fsp3) is 0.267. The zero-order valence-electron chi connectivity index (χ0n) is 13.2. The van der Waals surface area contributed by atoms with Crippen LogP contribution in [0.25, 0.3) is 0 Å². The van der Waals surface area contributed by atoms with Crippen LogP contribution in [0.1, 0.15) is 5.69 Å². The van der Waals surface area contributed by atoms with Crippen LogP contribution in [0.2, 0.25) is 10.0 Å². The first-order chi connectivity index (χ1) is 11.4. The number of amidine groups is 1. The normalized spacial score (nSPS) is 13.6. The van der Waals surface area contributed by atoms with Crippen molar-refractivity contribution in [2.24, 2.45) is 17.8 Å². The second-order valence-electron chi connectivity index (χ2n) is 5.13. The molecule has 2 aromatic rings. The van der Waals surface area contributed by atoms with Crippen LogP contribution in [0.4, 0.5) is 11.4 Å². The number of hydrogen-bond acceptors (Lipinski definition) is 5. The van der Waals surface area contributed by atoms with E-state index in [0.29, 0.717) is 37.5 Å². The van der Waals surface area contributed by atoms with Gasteiger partial charge in [-0.25, -0.2) is 4.99 Å². The molecule has 0 saturated heterocycles. The Kier molecular flexibility index (Phi) is 4.59. The molecule has 0 saturated carbocycles. The van der Waals surface area contributed by atoms with Gasteiger partial charge in [-0.05, 0) is 22.0 Å². The van der Waals surface area contributed by atoms with Crippen molar-refractivity contribution < 1.29 is 9.47 Å². The van der Waals surface area contributed by atoms with E-state index < -0.39 is 0 Å². The number of fused-ring (bicyclic) bond motifs is 1. The summed E-state index contributed by atoms with van der Waals surface area (Å²) in [7, 11) is 4.96. The summed E-state index contributed by atoms with van der Waals surface area (Å²) in [5.41, 5.74) is 8.24. The number of aryl methyl sites for hydroxylation is 1. The van der Waals surface area contributed by atoms with E-state index in [1.807, 2.05) is 28.8 Å². The van der Waals surface area contributed by atoms with Crippen molar-refractivity contribution in [2.45, 2.75) is 0 Å². The molecule has 0 spiro atoms. The molecule has 3 rings (SSSR count). The number of nitrogens with zero attached hydrogens (tertiary/aromatic N) is 3. The number of rotatable bonds is 3. The summed E-state index contributed by atoms with van der Waals surface area (Å²) in [5, 5.41) is 0.723. The van der Waals surface area contributed by atoms with E-state index in [1.165, 1.54) is 14.2 Å². The Hall–Kier alpha value is -1.57. The van der Waals surface area contributed by atoms with E-state index in [2.05, 4.69) is 20.9 Å². The molecule has 24 heavy (non-hydrogen) atoms. The Labute approximate surface area is 157 Å². The molecule has 0 amide bonds. The lowest BCUT2D eigenvalue weighted by Gasteiger charge is -2.30. The molecule has 9 heteroatoms. The third-order valence-electron chi connectivity index (χ3n) is 3.86. The van der Waals surface area contributed by atoms with Crippen molar-refractivity contribution in [1.29, 1.82) is 0 Å². The van der Waals surface area contributed by atoms with Gasteiger partial charge in [0.15, 0.2) is 11.5 Å². The molecule has 0 atom stereocenters. The number of aromatic nitrogens is 1. The van der Waals surface area contributed by atoms with Crippen LogP contribution < -0.4 is 20.1 Å². The third kappa shape index (κ3) is 2.42. The maximum atomic E-state index is 6.57. The van der Waals surface area contributed by atoms with Gasteiger partial charge >= 0.3 is 0 Å². The number of halogens is 3. The maximum absolute atomic E-state index is 6.57. The van der Waals surface area contributed by atoms with E-state index in [0.717, 1.165) is 11.4 Å². The number of methoxy groups -OCH3 is 2. The van der Waals surface area contributed by atoms with Gasteiger partial charge in [-0.15, -0.1) is 0 Å². The van der Waals surface area contributed by atoms with Gasteiger partial charge in [-0.3, -0.25) is 0 Å². The number of benzene rings is 1. The number of ether oxygens (including phenoxy) is 2. The van der Waals surface area contributed by atoms with Gasteiger partial charge in [0.05, 0.1) is 25.6 Å². The number of hydrogen-bond donors (Lipinski definition) is 1. The molecular weight excluding hydrogens is 419 g/mol. The highest BCUT2D eigenvalue weighted by Crippen LogP contribution is 2.53. The SMILES string of the molecule is COc1c(Cl)c(N2CN=C(N)c3c2ccn3C)c(Cl)c(OC)c1Br. The predicted octanol–water partition coefficient (Wildman–Crippen LogP) is 3.93. The van der Waals surface area contributed by atoms with Crippen LogP contribution in [0.3, 0.4) is 0 Å². The third-order valence-corrected chi connectivity index (χ3v) is 5.28. The highest BCUT2D eigenvalue weighted by atomic mass is 79.9. The summed E-state index contributed by atoms with van der Waals surface area (Å²) in [6.07, 6.45) is 1.90. The lowest BCUT2D eigenvalue weighted by atomic mass is 10.2. The molecule has 1 aromatic carbocycles. The molecule has 2 heterocycles. The minimum absolute atomic E-state index is 0.288. The van der Waals surface area contributed by atoms with Crippen molar-refractivity contribution in [3.63, 3.8) is 0 Å². The van der Waals surface area contributed by atoms with Crippen LogP contribution in [0.15, 0.2) is 21.7 Å². The van der Waals surface area contributed by atoms with E-state index in [1.54, 1.807) is 0 Å². The molecule has 0 radical (unpaired) electrons. The largest absolute Gasteiger partial charge is 0.494 e. The molecule has 1 aliphatic rings. The standard InChI is InChI=1S/C15H15BrCl2N4O2/c1-21-5-4-7-11(21)15(19)20-6-22(7)12-9(17)13(23-2)8(16)14(24-3)10(12)18/h4-5H,6H2,1-3H3,(H2,19,20). The number of nitrogens with two attached hydrogens (primary N) is 1. The van der Waals surface area contributed by atoms with Crippen molar-refractivity contribution in [3.05, 3.63) is 32.5 Å². The molecule has 0 unspecified atom stereocenters. The van der Waals surface area contributed by atoms with Crippen LogP contribution >= 0.6 is 39.1 Å². The fourth-order valence-corrected chi connectivity index (χ4v) is 4.47. The van der Waals surface area contributed by atoms with Crippen molar-refractivity contribution in [1.82, 2.24) is 4.57 Å². The van der Waals surface area contributed by atoms with Gasteiger partial charge < -0.3 is 24.7 Å². The Morgan fingerprint density at radius 1 is 1.21 bits per heavy atom. The van der Waals surface area contributed by atoms with Gasteiger partial charge in [0.25, 0.3) is 0 Å². The Morgan fingerprint density at radius 2 is 1.79 bits per heavy atom. The smallest absolute Gasteiger partial charge is 0.157 e. The van der Waals surface area contributed by atoms with Gasteiger partial charge in [0.1, 0.15) is 32.7 Å². The van der Waals surface area contributed by atoms with Gasteiger partial charge in [-0.2, -0.15) is 0 Å². The molecular formula is C15H15BrCl2N4O2. The quantitative estimate of drug-likeness (QED) is 0.796. The predicted molar refractivity (Wildman–Crippen MR) is 100 cm³/mol. The Bertz CT molecular complexity index is 819. The first-order valence-electron chi connectivity index (χ1n) is 6.93. The Balaban J connectivity index is 2.28. The minimum Gasteiger partial charge on any atom is -0.494 e. The first-order valence-corrected chi connectivity index (χ1v) is 8.48. The van der Waals surface area contributed by atoms with Crippen LogP contribution in [-0.2, 0) is 7.05 Å². The van der Waals surface area contributed by atoms with E-state index in [-0.39, 0.29) is 6.67 Å². The van der Waals surface area contributed by atoms with Crippen LogP contribution in [-0.4, -0.2) is 31.3 Å². The molecule has 1 aromatic heterocycles. The average Bonchev–Trinajstić information content (AvgIpc) is 2.93. The molecule has 128 valence electrons. The summed E-state index contributed by atoms with van der Waals surface area (Å²) in [6.45, 7) is 0.288. The summed E-state index contributed by atoms with van der Waals surface area (Å²) < 4.78 is 13.3. The lowest BCUT2D eigenvalue weighted by molar-refractivity contribution is 0.390. The Morgan fingerprint density at radius 3 is 2.33 bits per heavy atom. The highest BCUT2D eigenvalue weighted by Gasteiger charge is 2.30. The minimum atomic E-state index is 0.288. The van der Waals surface area contributed by atoms with Gasteiger partial charge in [0.2, 0.25) is 0 Å².